The van der Waals surface area contributed by atoms with Crippen LogP contribution in [0.3, 0.4) is 0 Å². The minimum Gasteiger partial charge on any atom is -0.507 e. The third kappa shape index (κ3) is 3.43. The van der Waals surface area contributed by atoms with Gasteiger partial charge >= 0.3 is 0 Å². The fourth-order valence-electron chi connectivity index (χ4n) is 5.39. The normalized spacial score (nSPS) is 27.9. The predicted molar refractivity (Wildman–Crippen MR) is 122 cm³/mol. The molecule has 2 aromatic heterocycles. The molecule has 5 rings (SSSR count). The van der Waals surface area contributed by atoms with Crippen molar-refractivity contribution in [2.24, 2.45) is 0 Å². The van der Waals surface area contributed by atoms with Crippen LogP contribution in [0.15, 0.2) is 49.1 Å². The van der Waals surface area contributed by atoms with Crippen LogP contribution >= 0.6 is 0 Å². The monoisotopic (exact) mass is 436 g/mol. The molecule has 2 fully saturated rings. The van der Waals surface area contributed by atoms with Crippen LogP contribution in [0.25, 0.3) is 16.9 Å². The van der Waals surface area contributed by atoms with E-state index in [0.29, 0.717) is 17.1 Å². The van der Waals surface area contributed by atoms with Crippen LogP contribution in [0.5, 0.6) is 5.75 Å². The molecule has 4 atom stereocenters. The van der Waals surface area contributed by atoms with Crippen LogP contribution in [-0.2, 0) is 0 Å². The predicted octanol–water partition coefficient (Wildman–Crippen LogP) is 3.82. The Labute approximate surface area is 187 Å². The quantitative estimate of drug-likeness (QED) is 0.670. The number of rotatable bonds is 4. The maximum Gasteiger partial charge on any atom is 0.151 e. The number of nitrogens with zero attached hydrogens (tertiary/aromatic N) is 6. The summed E-state index contributed by atoms with van der Waals surface area (Å²) in [6.45, 7) is 2.25. The van der Waals surface area contributed by atoms with E-state index in [0.717, 1.165) is 31.4 Å². The second kappa shape index (κ2) is 7.85. The number of fused-ring (bicyclic) bond motifs is 2. The topological polar surface area (TPSA) is 70.3 Å². The van der Waals surface area contributed by atoms with E-state index in [9.17, 15) is 5.11 Å². The average Bonchev–Trinajstić information content (AvgIpc) is 3.33. The van der Waals surface area contributed by atoms with E-state index in [4.69, 9.17) is 0 Å². The van der Waals surface area contributed by atoms with Gasteiger partial charge in [0.15, 0.2) is 5.82 Å². The van der Waals surface area contributed by atoms with Gasteiger partial charge in [-0.3, -0.25) is 4.90 Å². The van der Waals surface area contributed by atoms with Crippen molar-refractivity contribution in [1.29, 1.82) is 0 Å². The van der Waals surface area contributed by atoms with E-state index >= 15 is 4.39 Å². The zero-order valence-corrected chi connectivity index (χ0v) is 18.7. The Morgan fingerprint density at radius 3 is 2.75 bits per heavy atom. The van der Waals surface area contributed by atoms with E-state index < -0.39 is 6.17 Å². The third-order valence-corrected chi connectivity index (χ3v) is 7.52. The minimum atomic E-state index is -0.931. The first-order valence-electron chi connectivity index (χ1n) is 11.1. The fraction of sp³-hybridized carbons (Fsp3) is 0.458. The van der Waals surface area contributed by atoms with Gasteiger partial charge in [0.05, 0.1) is 23.8 Å². The standard InChI is InChI=1S/C24H29FN6O/c1-24-10-4-5-19(30(24)3)23(25)20(14-24)29(2)22-9-8-18(27-28-22)17-7-6-16(13-21(17)32)31-12-11-26-15-31/h6-9,11-13,15,19-20,23,32H,4-5,10,14H2,1-3H3/t19?,20-,23-,24-/m1/s1. The van der Waals surface area contributed by atoms with Crippen LogP contribution < -0.4 is 4.90 Å². The molecule has 32 heavy (non-hydrogen) atoms. The highest BCUT2D eigenvalue weighted by Crippen LogP contribution is 2.43. The minimum absolute atomic E-state index is 0.0145. The molecular formula is C24H29FN6O. The number of hydrogen-bond acceptors (Lipinski definition) is 6. The Kier molecular flexibility index (Phi) is 5.12. The molecule has 8 heteroatoms. The molecule has 168 valence electrons. The second-order valence-electron chi connectivity index (χ2n) is 9.34. The summed E-state index contributed by atoms with van der Waals surface area (Å²) >= 11 is 0. The van der Waals surface area contributed by atoms with E-state index in [1.54, 1.807) is 18.6 Å². The smallest absolute Gasteiger partial charge is 0.151 e. The summed E-state index contributed by atoms with van der Waals surface area (Å²) < 4.78 is 17.3. The van der Waals surface area contributed by atoms with E-state index in [-0.39, 0.29) is 23.4 Å². The highest BCUT2D eigenvalue weighted by Gasteiger charge is 2.51. The van der Waals surface area contributed by atoms with Crippen molar-refractivity contribution in [3.05, 3.63) is 49.1 Å². The lowest BCUT2D eigenvalue weighted by atomic mass is 9.72. The maximum absolute atomic E-state index is 15.5. The second-order valence-corrected chi connectivity index (χ2v) is 9.34. The molecule has 0 aliphatic carbocycles. The molecule has 7 nitrogen and oxygen atoms in total. The Hall–Kier alpha value is -3.00. The highest BCUT2D eigenvalue weighted by molar-refractivity contribution is 5.69. The van der Waals surface area contributed by atoms with Crippen molar-refractivity contribution in [3.8, 4) is 22.7 Å². The van der Waals surface area contributed by atoms with E-state index in [1.807, 2.05) is 47.0 Å². The number of hydrogen-bond donors (Lipinski definition) is 1. The number of imidazole rings is 1. The van der Waals surface area contributed by atoms with Crippen LogP contribution in [0.2, 0.25) is 0 Å². The molecule has 2 aliphatic heterocycles. The van der Waals surface area contributed by atoms with Gasteiger partial charge in [-0.05, 0) is 63.9 Å². The lowest BCUT2D eigenvalue weighted by Crippen LogP contribution is -2.67. The number of benzene rings is 1. The molecule has 0 spiro atoms. The van der Waals surface area contributed by atoms with Gasteiger partial charge in [-0.25, -0.2) is 9.37 Å². The fourth-order valence-corrected chi connectivity index (χ4v) is 5.39. The first-order chi connectivity index (χ1) is 15.4. The van der Waals surface area contributed by atoms with Gasteiger partial charge in [0.1, 0.15) is 11.9 Å². The summed E-state index contributed by atoms with van der Waals surface area (Å²) in [6, 6.07) is 8.78. The molecule has 0 amide bonds. The molecule has 1 aromatic carbocycles. The Balaban J connectivity index is 1.37. The number of alkyl halides is 1. The summed E-state index contributed by atoms with van der Waals surface area (Å²) in [6.07, 6.45) is 8.08. The van der Waals surface area contributed by atoms with E-state index in [2.05, 4.69) is 34.1 Å². The Bertz CT molecular complexity index is 1090. The van der Waals surface area contributed by atoms with Crippen LogP contribution in [0.4, 0.5) is 10.2 Å². The molecule has 0 radical (unpaired) electrons. The number of phenolic OH excluding ortho intramolecular Hbond substituents is 1. The number of aromatic hydroxyl groups is 1. The van der Waals surface area contributed by atoms with Crippen LogP contribution in [-0.4, -0.2) is 67.6 Å². The number of piperidine rings is 2. The third-order valence-electron chi connectivity index (χ3n) is 7.52. The Morgan fingerprint density at radius 2 is 2.06 bits per heavy atom. The SMILES string of the molecule is CN(c1ccc(-c2ccc(-n3ccnc3)cc2O)nn1)[C@@H]1C[C@@]2(C)CCCC([C@H]1F)N2C. The number of anilines is 1. The van der Waals surface area contributed by atoms with Crippen molar-refractivity contribution >= 4 is 5.82 Å². The van der Waals surface area contributed by atoms with Gasteiger partial charge in [-0.1, -0.05) is 0 Å². The molecular weight excluding hydrogens is 407 g/mol. The van der Waals surface area contributed by atoms with Crippen molar-refractivity contribution in [1.82, 2.24) is 24.6 Å². The van der Waals surface area contributed by atoms with Crippen molar-refractivity contribution < 1.29 is 9.50 Å². The maximum atomic E-state index is 15.5. The van der Waals surface area contributed by atoms with Gasteiger partial charge in [-0.15, -0.1) is 10.2 Å². The van der Waals surface area contributed by atoms with Crippen LogP contribution in [0, 0.1) is 0 Å². The zero-order chi connectivity index (χ0) is 22.5. The highest BCUT2D eigenvalue weighted by atomic mass is 19.1. The van der Waals surface area contributed by atoms with Gasteiger partial charge in [0.25, 0.3) is 0 Å². The lowest BCUT2D eigenvalue weighted by molar-refractivity contribution is -0.0600. The largest absolute Gasteiger partial charge is 0.507 e. The van der Waals surface area contributed by atoms with E-state index in [1.165, 1.54) is 0 Å². The lowest BCUT2D eigenvalue weighted by Gasteiger charge is -2.56. The summed E-state index contributed by atoms with van der Waals surface area (Å²) in [4.78, 5) is 8.21. The first kappa shape index (κ1) is 20.9. The Morgan fingerprint density at radius 1 is 1.22 bits per heavy atom. The van der Waals surface area contributed by atoms with Gasteiger partial charge in [-0.2, -0.15) is 0 Å². The molecule has 0 saturated carbocycles. The van der Waals surface area contributed by atoms with Gasteiger partial charge in [0.2, 0.25) is 0 Å². The zero-order valence-electron chi connectivity index (χ0n) is 18.7. The molecule has 2 aliphatic rings. The van der Waals surface area contributed by atoms with Crippen molar-refractivity contribution in [2.45, 2.75) is 56.4 Å². The van der Waals surface area contributed by atoms with Crippen LogP contribution in [0.1, 0.15) is 32.6 Å². The van der Waals surface area contributed by atoms with Gasteiger partial charge < -0.3 is 14.6 Å². The summed E-state index contributed by atoms with van der Waals surface area (Å²) in [5.41, 5.74) is 1.99. The molecule has 4 heterocycles. The van der Waals surface area contributed by atoms with Gasteiger partial charge in [0, 0.05) is 42.7 Å². The molecule has 1 N–H and O–H groups in total. The van der Waals surface area contributed by atoms with Crippen molar-refractivity contribution in [2.75, 3.05) is 19.0 Å². The molecule has 1 unspecified atom stereocenters. The summed E-state index contributed by atoms with van der Waals surface area (Å²) in [5.74, 6) is 0.758. The number of halogens is 1. The number of aromatic nitrogens is 4. The molecule has 2 bridgehead atoms. The summed E-state index contributed by atoms with van der Waals surface area (Å²) in [5, 5.41) is 19.3. The molecule has 2 saturated heterocycles. The number of phenols is 1. The molecule has 3 aromatic rings. The first-order valence-corrected chi connectivity index (χ1v) is 11.1. The average molecular weight is 437 g/mol. The van der Waals surface area contributed by atoms with Crippen molar-refractivity contribution in [3.63, 3.8) is 0 Å². The summed E-state index contributed by atoms with van der Waals surface area (Å²) in [7, 11) is 3.97.